The zero-order valence-corrected chi connectivity index (χ0v) is 12.6. The molecule has 104 valence electrons. The molecule has 20 heavy (non-hydrogen) atoms. The van der Waals surface area contributed by atoms with E-state index in [1.54, 1.807) is 6.07 Å². The van der Waals surface area contributed by atoms with Crippen LogP contribution in [0.1, 0.15) is 12.0 Å². The number of halogens is 1. The number of hydrogen-bond acceptors (Lipinski definition) is 3. The highest BCUT2D eigenvalue weighted by atomic mass is 79.9. The van der Waals surface area contributed by atoms with Gasteiger partial charge in [-0.1, -0.05) is 28.1 Å². The van der Waals surface area contributed by atoms with E-state index in [9.17, 15) is 5.11 Å². The van der Waals surface area contributed by atoms with Crippen molar-refractivity contribution in [2.75, 3.05) is 18.1 Å². The van der Waals surface area contributed by atoms with Gasteiger partial charge in [0.2, 0.25) is 0 Å². The van der Waals surface area contributed by atoms with Gasteiger partial charge >= 0.3 is 0 Å². The van der Waals surface area contributed by atoms with Crippen LogP contribution >= 0.6 is 15.9 Å². The van der Waals surface area contributed by atoms with E-state index in [-0.39, 0.29) is 0 Å². The van der Waals surface area contributed by atoms with Gasteiger partial charge in [0, 0.05) is 23.1 Å². The standard InChI is InChI=1S/C16H16BrNO2/c17-13-6-7-15(19)12(10-13)11-18-8-3-9-20-16-5-2-1-4-14(16)18/h1-2,4-7,10,19H,3,8-9,11H2. The molecule has 0 amide bonds. The van der Waals surface area contributed by atoms with Crippen molar-refractivity contribution in [3.05, 3.63) is 52.5 Å². The number of hydrogen-bond donors (Lipinski definition) is 1. The third-order valence-corrected chi connectivity index (χ3v) is 3.93. The summed E-state index contributed by atoms with van der Waals surface area (Å²) in [6.45, 7) is 2.33. The Morgan fingerprint density at radius 1 is 1.20 bits per heavy atom. The Kier molecular flexibility index (Phi) is 3.83. The predicted octanol–water partition coefficient (Wildman–Crippen LogP) is 3.94. The van der Waals surface area contributed by atoms with Crippen LogP contribution in [0.5, 0.6) is 11.5 Å². The van der Waals surface area contributed by atoms with Gasteiger partial charge in [-0.2, -0.15) is 0 Å². The molecule has 0 aliphatic carbocycles. The molecule has 0 atom stereocenters. The van der Waals surface area contributed by atoms with Gasteiger partial charge in [-0.25, -0.2) is 0 Å². The zero-order chi connectivity index (χ0) is 13.9. The summed E-state index contributed by atoms with van der Waals surface area (Å²) in [6.07, 6.45) is 0.976. The molecule has 0 unspecified atom stereocenters. The van der Waals surface area contributed by atoms with E-state index < -0.39 is 0 Å². The third kappa shape index (κ3) is 2.75. The lowest BCUT2D eigenvalue weighted by Gasteiger charge is -2.24. The van der Waals surface area contributed by atoms with Gasteiger partial charge in [0.15, 0.2) is 0 Å². The van der Waals surface area contributed by atoms with Crippen molar-refractivity contribution in [1.82, 2.24) is 0 Å². The first kappa shape index (κ1) is 13.3. The summed E-state index contributed by atoms with van der Waals surface area (Å²) in [7, 11) is 0. The lowest BCUT2D eigenvalue weighted by molar-refractivity contribution is 0.322. The monoisotopic (exact) mass is 333 g/mol. The number of phenols is 1. The molecule has 1 N–H and O–H groups in total. The summed E-state index contributed by atoms with van der Waals surface area (Å²) in [6, 6.07) is 13.6. The highest BCUT2D eigenvalue weighted by Gasteiger charge is 2.17. The smallest absolute Gasteiger partial charge is 0.142 e. The Balaban J connectivity index is 1.92. The molecule has 2 aromatic carbocycles. The molecular formula is C16H16BrNO2. The van der Waals surface area contributed by atoms with Gasteiger partial charge in [-0.05, 0) is 36.8 Å². The summed E-state index contributed by atoms with van der Waals surface area (Å²) in [5.41, 5.74) is 2.00. The van der Waals surface area contributed by atoms with E-state index in [1.165, 1.54) is 0 Å². The average Bonchev–Trinajstić information content (AvgIpc) is 2.66. The summed E-state index contributed by atoms with van der Waals surface area (Å²) >= 11 is 3.45. The van der Waals surface area contributed by atoms with Crippen LogP contribution in [0.25, 0.3) is 0 Å². The highest BCUT2D eigenvalue weighted by molar-refractivity contribution is 9.10. The molecule has 0 bridgehead atoms. The number of fused-ring (bicyclic) bond motifs is 1. The summed E-state index contributed by atoms with van der Waals surface area (Å²) in [5, 5.41) is 10.0. The predicted molar refractivity (Wildman–Crippen MR) is 83.4 cm³/mol. The highest BCUT2D eigenvalue weighted by Crippen LogP contribution is 2.33. The fraction of sp³-hybridized carbons (Fsp3) is 0.250. The number of rotatable bonds is 2. The third-order valence-electron chi connectivity index (χ3n) is 3.44. The van der Waals surface area contributed by atoms with Gasteiger partial charge in [-0.15, -0.1) is 0 Å². The minimum atomic E-state index is 0.329. The van der Waals surface area contributed by atoms with Crippen LogP contribution in [0.3, 0.4) is 0 Å². The van der Waals surface area contributed by atoms with E-state index in [4.69, 9.17) is 4.74 Å². The number of nitrogens with zero attached hydrogens (tertiary/aromatic N) is 1. The molecule has 0 saturated heterocycles. The Bertz CT molecular complexity index is 615. The average molecular weight is 334 g/mol. The number of para-hydroxylation sites is 2. The molecule has 2 aromatic rings. The Hall–Kier alpha value is -1.68. The molecule has 0 fully saturated rings. The van der Waals surface area contributed by atoms with Crippen molar-refractivity contribution >= 4 is 21.6 Å². The fourth-order valence-corrected chi connectivity index (χ4v) is 2.86. The first-order valence-corrected chi connectivity index (χ1v) is 7.47. The lowest BCUT2D eigenvalue weighted by atomic mass is 10.1. The molecule has 4 heteroatoms. The van der Waals surface area contributed by atoms with Crippen molar-refractivity contribution in [3.8, 4) is 11.5 Å². The molecule has 3 nitrogen and oxygen atoms in total. The van der Waals surface area contributed by atoms with Gasteiger partial charge in [0.1, 0.15) is 11.5 Å². The molecule has 3 rings (SSSR count). The van der Waals surface area contributed by atoms with E-state index >= 15 is 0 Å². The van der Waals surface area contributed by atoms with Crippen molar-refractivity contribution < 1.29 is 9.84 Å². The minimum Gasteiger partial charge on any atom is -0.508 e. The minimum absolute atomic E-state index is 0.329. The normalized spacial score (nSPS) is 14.3. The molecule has 1 aliphatic heterocycles. The Morgan fingerprint density at radius 3 is 2.95 bits per heavy atom. The van der Waals surface area contributed by atoms with E-state index in [2.05, 4.69) is 26.9 Å². The van der Waals surface area contributed by atoms with Crippen molar-refractivity contribution in [1.29, 1.82) is 0 Å². The number of phenolic OH excluding ortho intramolecular Hbond substituents is 1. The molecule has 1 aliphatic rings. The lowest BCUT2D eigenvalue weighted by Crippen LogP contribution is -2.23. The van der Waals surface area contributed by atoms with Crippen LogP contribution in [-0.4, -0.2) is 18.3 Å². The van der Waals surface area contributed by atoms with Crippen LogP contribution in [0, 0.1) is 0 Å². The second kappa shape index (κ2) is 5.75. The maximum absolute atomic E-state index is 10.0. The number of aromatic hydroxyl groups is 1. The fourth-order valence-electron chi connectivity index (χ4n) is 2.45. The maximum Gasteiger partial charge on any atom is 0.142 e. The summed E-state index contributed by atoms with van der Waals surface area (Å²) in [4.78, 5) is 2.25. The van der Waals surface area contributed by atoms with Crippen molar-refractivity contribution in [2.45, 2.75) is 13.0 Å². The summed E-state index contributed by atoms with van der Waals surface area (Å²) < 4.78 is 6.73. The summed E-state index contributed by atoms with van der Waals surface area (Å²) in [5.74, 6) is 1.25. The van der Waals surface area contributed by atoms with Crippen molar-refractivity contribution in [3.63, 3.8) is 0 Å². The SMILES string of the molecule is Oc1ccc(Br)cc1CN1CCCOc2ccccc21. The molecule has 0 aromatic heterocycles. The second-order valence-electron chi connectivity index (χ2n) is 4.86. The van der Waals surface area contributed by atoms with Gasteiger partial charge < -0.3 is 14.7 Å². The van der Waals surface area contributed by atoms with E-state index in [0.717, 1.165) is 41.0 Å². The second-order valence-corrected chi connectivity index (χ2v) is 5.78. The van der Waals surface area contributed by atoms with E-state index in [1.807, 2.05) is 30.3 Å². The van der Waals surface area contributed by atoms with Crippen LogP contribution in [0.15, 0.2) is 46.9 Å². The molecule has 0 radical (unpaired) electrons. The first-order chi connectivity index (χ1) is 9.74. The van der Waals surface area contributed by atoms with Gasteiger partial charge in [0.25, 0.3) is 0 Å². The maximum atomic E-state index is 10.0. The van der Waals surface area contributed by atoms with E-state index in [0.29, 0.717) is 12.3 Å². The first-order valence-electron chi connectivity index (χ1n) is 6.68. The van der Waals surface area contributed by atoms with Crippen LogP contribution in [-0.2, 0) is 6.54 Å². The molecule has 0 spiro atoms. The van der Waals surface area contributed by atoms with Crippen LogP contribution < -0.4 is 9.64 Å². The Morgan fingerprint density at radius 2 is 2.05 bits per heavy atom. The number of benzene rings is 2. The quantitative estimate of drug-likeness (QED) is 0.903. The zero-order valence-electron chi connectivity index (χ0n) is 11.1. The molecule has 1 heterocycles. The van der Waals surface area contributed by atoms with Crippen LogP contribution in [0.2, 0.25) is 0 Å². The van der Waals surface area contributed by atoms with Gasteiger partial charge in [0.05, 0.1) is 12.3 Å². The molecule has 0 saturated carbocycles. The largest absolute Gasteiger partial charge is 0.508 e. The number of anilines is 1. The van der Waals surface area contributed by atoms with Crippen LogP contribution in [0.4, 0.5) is 5.69 Å². The molecular weight excluding hydrogens is 318 g/mol. The van der Waals surface area contributed by atoms with Crippen molar-refractivity contribution in [2.24, 2.45) is 0 Å². The number of ether oxygens (including phenoxy) is 1. The topological polar surface area (TPSA) is 32.7 Å². The van der Waals surface area contributed by atoms with Gasteiger partial charge in [-0.3, -0.25) is 0 Å². The Labute approximate surface area is 126 Å².